The number of aromatic nitrogens is 5. The number of pyridine rings is 1. The Morgan fingerprint density at radius 1 is 0.938 bits per heavy atom. The van der Waals surface area contributed by atoms with Gasteiger partial charge in [0.25, 0.3) is 5.91 Å². The molecule has 1 N–H and O–H groups in total. The molecule has 3 aromatic heterocycles. The van der Waals surface area contributed by atoms with E-state index in [0.29, 0.717) is 34.0 Å². The molecule has 0 unspecified atom stereocenters. The molecule has 0 aliphatic heterocycles. The van der Waals surface area contributed by atoms with Gasteiger partial charge in [-0.1, -0.05) is 12.1 Å². The summed E-state index contributed by atoms with van der Waals surface area (Å²) in [4.78, 5) is 16.7. The van der Waals surface area contributed by atoms with E-state index in [1.165, 1.54) is 0 Å². The van der Waals surface area contributed by atoms with E-state index in [-0.39, 0.29) is 5.91 Å². The lowest BCUT2D eigenvalue weighted by Crippen LogP contribution is -2.11. The van der Waals surface area contributed by atoms with Crippen LogP contribution in [0.5, 0.6) is 0 Å². The highest BCUT2D eigenvalue weighted by atomic mass is 16.1. The fourth-order valence-corrected chi connectivity index (χ4v) is 3.27. The molecule has 0 aliphatic rings. The van der Waals surface area contributed by atoms with Gasteiger partial charge in [-0.2, -0.15) is 14.9 Å². The lowest BCUT2D eigenvalue weighted by Gasteiger charge is -2.08. The third-order valence-electron chi connectivity index (χ3n) is 4.87. The van der Waals surface area contributed by atoms with E-state index in [2.05, 4.69) is 20.5 Å². The van der Waals surface area contributed by atoms with Gasteiger partial charge in [0, 0.05) is 34.8 Å². The summed E-state index contributed by atoms with van der Waals surface area (Å²) in [5.41, 5.74) is 4.58. The zero-order valence-corrected chi connectivity index (χ0v) is 16.7. The number of nitrogens with one attached hydrogen (secondary N) is 1. The van der Waals surface area contributed by atoms with Crippen molar-refractivity contribution in [2.75, 3.05) is 5.32 Å². The average Bonchev–Trinajstić information content (AvgIpc) is 3.28. The van der Waals surface area contributed by atoms with Gasteiger partial charge in [-0.05, 0) is 60.7 Å². The second-order valence-electron chi connectivity index (χ2n) is 6.98. The minimum Gasteiger partial charge on any atom is -0.322 e. The maximum Gasteiger partial charge on any atom is 0.255 e. The van der Waals surface area contributed by atoms with Crippen molar-refractivity contribution in [1.29, 1.82) is 5.26 Å². The molecule has 0 saturated heterocycles. The van der Waals surface area contributed by atoms with Gasteiger partial charge in [0.05, 0.1) is 17.3 Å². The summed E-state index contributed by atoms with van der Waals surface area (Å²) in [6.07, 6.45) is 3.41. The Labute approximate surface area is 182 Å². The Morgan fingerprint density at radius 2 is 1.78 bits per heavy atom. The Bertz CT molecular complexity index is 1470. The van der Waals surface area contributed by atoms with E-state index in [1.54, 1.807) is 41.2 Å². The highest BCUT2D eigenvalue weighted by Gasteiger charge is 2.12. The second-order valence-corrected chi connectivity index (χ2v) is 6.98. The fraction of sp³-hybridized carbons (Fsp3) is 0. The lowest BCUT2D eigenvalue weighted by atomic mass is 10.1. The van der Waals surface area contributed by atoms with Crippen LogP contribution in [-0.2, 0) is 0 Å². The molecule has 1 amide bonds. The maximum absolute atomic E-state index is 12.6. The number of carbonyl (C=O) groups is 1. The molecule has 152 valence electrons. The van der Waals surface area contributed by atoms with Crippen molar-refractivity contribution in [3.63, 3.8) is 0 Å². The quantitative estimate of drug-likeness (QED) is 0.474. The topological polar surface area (TPSA) is 109 Å². The number of rotatable bonds is 4. The molecule has 2 aromatic carbocycles. The standard InChI is InChI=1S/C24H15N7O/c25-14-16-6-8-17(9-7-16)24(32)27-20-5-1-3-18(13-20)21-10-11-22-28-29-23(31(22)30-21)19-4-2-12-26-15-19/h1-13,15H,(H,27,32). The second kappa shape index (κ2) is 8.08. The molecular formula is C24H15N7O. The van der Waals surface area contributed by atoms with Gasteiger partial charge >= 0.3 is 0 Å². The first-order valence-corrected chi connectivity index (χ1v) is 9.76. The van der Waals surface area contributed by atoms with E-state index < -0.39 is 0 Å². The molecule has 0 bridgehead atoms. The van der Waals surface area contributed by atoms with Crippen molar-refractivity contribution in [3.05, 3.63) is 96.3 Å². The molecule has 0 spiro atoms. The first kappa shape index (κ1) is 19.1. The summed E-state index contributed by atoms with van der Waals surface area (Å²) in [5, 5.41) is 24.9. The lowest BCUT2D eigenvalue weighted by molar-refractivity contribution is 0.102. The molecule has 5 aromatic rings. The van der Waals surface area contributed by atoms with Crippen molar-refractivity contribution in [2.24, 2.45) is 0 Å². The molecule has 0 saturated carbocycles. The van der Waals surface area contributed by atoms with Gasteiger partial charge < -0.3 is 5.32 Å². The number of nitriles is 1. The summed E-state index contributed by atoms with van der Waals surface area (Å²) in [6, 6.07) is 23.4. The first-order valence-electron chi connectivity index (χ1n) is 9.76. The Hall–Kier alpha value is -4.90. The Kier molecular flexibility index (Phi) is 4.82. The van der Waals surface area contributed by atoms with Gasteiger partial charge in [0.1, 0.15) is 0 Å². The zero-order valence-electron chi connectivity index (χ0n) is 16.7. The van der Waals surface area contributed by atoms with Crippen LogP contribution >= 0.6 is 0 Å². The molecule has 0 fully saturated rings. The molecule has 3 heterocycles. The van der Waals surface area contributed by atoms with Crippen LogP contribution < -0.4 is 5.32 Å². The first-order chi connectivity index (χ1) is 15.7. The van der Waals surface area contributed by atoms with Crippen molar-refractivity contribution in [2.45, 2.75) is 0 Å². The van der Waals surface area contributed by atoms with Gasteiger partial charge in [0.2, 0.25) is 0 Å². The largest absolute Gasteiger partial charge is 0.322 e. The van der Waals surface area contributed by atoms with Crippen LogP contribution in [0.2, 0.25) is 0 Å². The number of hydrogen-bond donors (Lipinski definition) is 1. The number of carbonyl (C=O) groups excluding carboxylic acids is 1. The number of hydrogen-bond acceptors (Lipinski definition) is 6. The number of amides is 1. The monoisotopic (exact) mass is 417 g/mol. The molecule has 0 atom stereocenters. The van der Waals surface area contributed by atoms with Crippen LogP contribution in [-0.4, -0.2) is 30.7 Å². The van der Waals surface area contributed by atoms with Crippen molar-refractivity contribution in [1.82, 2.24) is 24.8 Å². The molecule has 0 radical (unpaired) electrons. The van der Waals surface area contributed by atoms with Crippen LogP contribution in [0.4, 0.5) is 5.69 Å². The molecule has 5 rings (SSSR count). The van der Waals surface area contributed by atoms with Gasteiger partial charge in [-0.25, -0.2) is 0 Å². The number of anilines is 1. The molecule has 0 aliphatic carbocycles. The Balaban J connectivity index is 1.45. The number of nitrogens with zero attached hydrogens (tertiary/aromatic N) is 6. The fourth-order valence-electron chi connectivity index (χ4n) is 3.27. The number of fused-ring (bicyclic) bond motifs is 1. The third kappa shape index (κ3) is 3.66. The van der Waals surface area contributed by atoms with E-state index in [4.69, 9.17) is 10.4 Å². The molecule has 8 heteroatoms. The Morgan fingerprint density at radius 3 is 2.56 bits per heavy atom. The summed E-state index contributed by atoms with van der Waals surface area (Å²) in [7, 11) is 0. The predicted octanol–water partition coefficient (Wildman–Crippen LogP) is 3.98. The van der Waals surface area contributed by atoms with Crippen LogP contribution in [0.3, 0.4) is 0 Å². The predicted molar refractivity (Wildman–Crippen MR) is 119 cm³/mol. The summed E-state index contributed by atoms with van der Waals surface area (Å²) in [6.45, 7) is 0. The van der Waals surface area contributed by atoms with Crippen molar-refractivity contribution in [3.8, 4) is 28.7 Å². The van der Waals surface area contributed by atoms with Gasteiger partial charge in [0.15, 0.2) is 11.5 Å². The minimum atomic E-state index is -0.257. The normalized spacial score (nSPS) is 10.6. The van der Waals surface area contributed by atoms with Gasteiger partial charge in [-0.15, -0.1) is 10.2 Å². The summed E-state index contributed by atoms with van der Waals surface area (Å²) < 4.78 is 1.67. The van der Waals surface area contributed by atoms with Crippen molar-refractivity contribution < 1.29 is 4.79 Å². The van der Waals surface area contributed by atoms with E-state index in [9.17, 15) is 4.79 Å². The van der Waals surface area contributed by atoms with E-state index in [0.717, 1.165) is 11.1 Å². The minimum absolute atomic E-state index is 0.257. The zero-order chi connectivity index (χ0) is 21.9. The van der Waals surface area contributed by atoms with Crippen molar-refractivity contribution >= 4 is 17.2 Å². The SMILES string of the molecule is N#Cc1ccc(C(=O)Nc2cccc(-c3ccc4nnc(-c5cccnc5)n4n3)c2)cc1. The van der Waals surface area contributed by atoms with E-state index in [1.807, 2.05) is 54.6 Å². The van der Waals surface area contributed by atoms with Gasteiger partial charge in [-0.3, -0.25) is 9.78 Å². The summed E-state index contributed by atoms with van der Waals surface area (Å²) >= 11 is 0. The van der Waals surface area contributed by atoms with Crippen LogP contribution in [0.25, 0.3) is 28.3 Å². The summed E-state index contributed by atoms with van der Waals surface area (Å²) in [5.74, 6) is 0.341. The molecule has 8 nitrogen and oxygen atoms in total. The molecular weight excluding hydrogens is 402 g/mol. The van der Waals surface area contributed by atoms with Crippen LogP contribution in [0.15, 0.2) is 85.2 Å². The highest BCUT2D eigenvalue weighted by molar-refractivity contribution is 6.04. The maximum atomic E-state index is 12.6. The molecule has 32 heavy (non-hydrogen) atoms. The average molecular weight is 417 g/mol. The smallest absolute Gasteiger partial charge is 0.255 e. The van der Waals surface area contributed by atoms with E-state index >= 15 is 0 Å². The third-order valence-corrected chi connectivity index (χ3v) is 4.87. The van der Waals surface area contributed by atoms with Crippen LogP contribution in [0.1, 0.15) is 15.9 Å². The number of benzene rings is 2. The van der Waals surface area contributed by atoms with Crippen LogP contribution in [0, 0.1) is 11.3 Å². The highest BCUT2D eigenvalue weighted by Crippen LogP contribution is 2.23.